The quantitative estimate of drug-likeness (QED) is 0.689. The molecule has 2 atom stereocenters. The van der Waals surface area contributed by atoms with Crippen molar-refractivity contribution >= 4 is 0 Å². The van der Waals surface area contributed by atoms with Crippen molar-refractivity contribution in [1.29, 1.82) is 0 Å². The summed E-state index contributed by atoms with van der Waals surface area (Å²) in [5.74, 6) is 6.70. The van der Waals surface area contributed by atoms with Crippen LogP contribution >= 0.6 is 0 Å². The zero-order valence-corrected chi connectivity index (χ0v) is 8.69. The Morgan fingerprint density at radius 2 is 2.00 bits per heavy atom. The largest absolute Gasteiger partial charge is 0.268 e. The number of piperidine rings is 1. The first-order valence-electron chi connectivity index (χ1n) is 5.35. The molecule has 0 amide bonds. The lowest BCUT2D eigenvalue weighted by Gasteiger charge is -2.37. The molecular weight excluding hydrogens is 172 g/mol. The van der Waals surface area contributed by atoms with Crippen molar-refractivity contribution in [2.45, 2.75) is 25.8 Å². The van der Waals surface area contributed by atoms with Crippen LogP contribution in [0.4, 0.5) is 0 Å². The highest BCUT2D eigenvalue weighted by atomic mass is 15.4. The van der Waals surface area contributed by atoms with E-state index in [-0.39, 0.29) is 0 Å². The summed E-state index contributed by atoms with van der Waals surface area (Å²) in [6, 6.07) is 11.0. The van der Waals surface area contributed by atoms with Crippen LogP contribution in [0.3, 0.4) is 0 Å². The van der Waals surface area contributed by atoms with Gasteiger partial charge in [-0.1, -0.05) is 37.3 Å². The van der Waals surface area contributed by atoms with Gasteiger partial charge >= 0.3 is 0 Å². The van der Waals surface area contributed by atoms with E-state index in [2.05, 4.69) is 37.3 Å². The zero-order chi connectivity index (χ0) is 9.97. The van der Waals surface area contributed by atoms with Crippen LogP contribution in [0, 0.1) is 5.92 Å². The molecule has 76 valence electrons. The topological polar surface area (TPSA) is 29.3 Å². The van der Waals surface area contributed by atoms with Crippen molar-refractivity contribution in [2.75, 3.05) is 6.54 Å². The van der Waals surface area contributed by atoms with Gasteiger partial charge in [-0.2, -0.15) is 0 Å². The van der Waals surface area contributed by atoms with Crippen LogP contribution in [0.1, 0.15) is 31.4 Å². The minimum Gasteiger partial charge on any atom is -0.268 e. The molecule has 14 heavy (non-hydrogen) atoms. The lowest BCUT2D eigenvalue weighted by Crippen LogP contribution is -2.42. The van der Waals surface area contributed by atoms with Crippen LogP contribution in [0.5, 0.6) is 0 Å². The van der Waals surface area contributed by atoms with Crippen LogP contribution in [0.2, 0.25) is 0 Å². The van der Waals surface area contributed by atoms with Gasteiger partial charge in [-0.25, -0.2) is 5.01 Å². The van der Waals surface area contributed by atoms with Crippen molar-refractivity contribution in [2.24, 2.45) is 11.8 Å². The molecule has 2 nitrogen and oxygen atoms in total. The van der Waals surface area contributed by atoms with Crippen molar-refractivity contribution in [1.82, 2.24) is 5.01 Å². The Labute approximate surface area is 85.7 Å². The number of nitrogens with two attached hydrogens (primary N) is 1. The predicted octanol–water partition coefficient (Wildman–Crippen LogP) is 2.33. The third kappa shape index (κ3) is 1.81. The first-order chi connectivity index (χ1) is 6.79. The second-order valence-electron chi connectivity index (χ2n) is 4.21. The summed E-state index contributed by atoms with van der Waals surface area (Å²) in [6.45, 7) is 3.31. The van der Waals surface area contributed by atoms with Gasteiger partial charge in [-0.15, -0.1) is 0 Å². The Balaban J connectivity index is 2.23. The van der Waals surface area contributed by atoms with Gasteiger partial charge in [0, 0.05) is 6.54 Å². The summed E-state index contributed by atoms with van der Waals surface area (Å²) in [5.41, 5.74) is 1.35. The fourth-order valence-electron chi connectivity index (χ4n) is 2.39. The Bertz CT molecular complexity index is 274. The number of rotatable bonds is 1. The van der Waals surface area contributed by atoms with Gasteiger partial charge < -0.3 is 0 Å². The van der Waals surface area contributed by atoms with Crippen molar-refractivity contribution < 1.29 is 0 Å². The van der Waals surface area contributed by atoms with Gasteiger partial charge in [0.15, 0.2) is 0 Å². The van der Waals surface area contributed by atoms with Crippen LogP contribution in [-0.4, -0.2) is 11.6 Å². The molecule has 1 fully saturated rings. The molecule has 2 rings (SSSR count). The highest BCUT2D eigenvalue weighted by Gasteiger charge is 2.27. The van der Waals surface area contributed by atoms with Crippen LogP contribution in [0.25, 0.3) is 0 Å². The van der Waals surface area contributed by atoms with Crippen LogP contribution in [0.15, 0.2) is 30.3 Å². The Morgan fingerprint density at radius 1 is 1.29 bits per heavy atom. The summed E-state index contributed by atoms with van der Waals surface area (Å²) in [4.78, 5) is 0. The zero-order valence-electron chi connectivity index (χ0n) is 8.69. The maximum Gasteiger partial charge on any atom is 0.0516 e. The highest BCUT2D eigenvalue weighted by molar-refractivity contribution is 5.19. The van der Waals surface area contributed by atoms with Gasteiger partial charge in [-0.3, -0.25) is 5.84 Å². The van der Waals surface area contributed by atoms with E-state index in [1.807, 2.05) is 5.01 Å². The van der Waals surface area contributed by atoms with E-state index in [1.165, 1.54) is 18.4 Å². The van der Waals surface area contributed by atoms with E-state index in [0.717, 1.165) is 6.54 Å². The molecule has 0 radical (unpaired) electrons. The van der Waals surface area contributed by atoms with Gasteiger partial charge in [0.05, 0.1) is 6.04 Å². The van der Waals surface area contributed by atoms with E-state index in [9.17, 15) is 0 Å². The summed E-state index contributed by atoms with van der Waals surface area (Å²) in [7, 11) is 0. The van der Waals surface area contributed by atoms with Gasteiger partial charge in [0.25, 0.3) is 0 Å². The van der Waals surface area contributed by atoms with Crippen LogP contribution in [-0.2, 0) is 0 Å². The highest BCUT2D eigenvalue weighted by Crippen LogP contribution is 2.33. The average Bonchev–Trinajstić information content (AvgIpc) is 2.19. The molecule has 1 aliphatic rings. The first kappa shape index (κ1) is 9.69. The number of nitrogens with zero attached hydrogens (tertiary/aromatic N) is 1. The summed E-state index contributed by atoms with van der Waals surface area (Å²) in [6.07, 6.45) is 2.51. The molecule has 2 unspecified atom stereocenters. The van der Waals surface area contributed by atoms with E-state index in [4.69, 9.17) is 5.84 Å². The number of benzene rings is 1. The maximum absolute atomic E-state index is 6.03. The van der Waals surface area contributed by atoms with E-state index in [0.29, 0.717) is 12.0 Å². The molecule has 0 aromatic heterocycles. The Hall–Kier alpha value is -0.860. The molecule has 2 N–H and O–H groups in total. The third-order valence-corrected chi connectivity index (χ3v) is 3.11. The van der Waals surface area contributed by atoms with Crippen molar-refractivity contribution in [3.8, 4) is 0 Å². The first-order valence-corrected chi connectivity index (χ1v) is 5.35. The monoisotopic (exact) mass is 190 g/mol. The molecule has 0 bridgehead atoms. The third-order valence-electron chi connectivity index (χ3n) is 3.11. The number of hydrazine groups is 1. The van der Waals surface area contributed by atoms with E-state index in [1.54, 1.807) is 0 Å². The number of hydrogen-bond donors (Lipinski definition) is 1. The van der Waals surface area contributed by atoms with E-state index >= 15 is 0 Å². The second kappa shape index (κ2) is 4.11. The lowest BCUT2D eigenvalue weighted by atomic mass is 9.87. The molecule has 1 aromatic carbocycles. The Morgan fingerprint density at radius 3 is 2.64 bits per heavy atom. The maximum atomic E-state index is 6.03. The van der Waals surface area contributed by atoms with Gasteiger partial charge in [0.1, 0.15) is 0 Å². The molecule has 2 heteroatoms. The molecular formula is C12H18N2. The van der Waals surface area contributed by atoms with E-state index < -0.39 is 0 Å². The molecule has 0 saturated carbocycles. The molecule has 1 heterocycles. The minimum absolute atomic E-state index is 0.407. The van der Waals surface area contributed by atoms with Crippen molar-refractivity contribution in [3.63, 3.8) is 0 Å². The molecule has 0 spiro atoms. The summed E-state index contributed by atoms with van der Waals surface area (Å²) < 4.78 is 0. The second-order valence-corrected chi connectivity index (χ2v) is 4.21. The predicted molar refractivity (Wildman–Crippen MR) is 58.5 cm³/mol. The normalized spacial score (nSPS) is 29.0. The molecule has 1 aromatic rings. The minimum atomic E-state index is 0.407. The van der Waals surface area contributed by atoms with Crippen LogP contribution < -0.4 is 5.84 Å². The van der Waals surface area contributed by atoms with Gasteiger partial charge in [0.2, 0.25) is 0 Å². The molecule has 1 saturated heterocycles. The average molecular weight is 190 g/mol. The smallest absolute Gasteiger partial charge is 0.0516 e. The summed E-state index contributed by atoms with van der Waals surface area (Å²) >= 11 is 0. The fraction of sp³-hybridized carbons (Fsp3) is 0.500. The SMILES string of the molecule is CC1CCCN(N)C1c1ccccc1. The molecule has 1 aliphatic heterocycles. The standard InChI is InChI=1S/C12H18N2/c1-10-6-5-9-14(13)12(10)11-7-3-2-4-8-11/h2-4,7-8,10,12H,5-6,9,13H2,1H3. The Kier molecular flexibility index (Phi) is 2.85. The number of hydrogen-bond acceptors (Lipinski definition) is 2. The summed E-state index contributed by atoms with van der Waals surface area (Å²) in [5, 5.41) is 1.99. The van der Waals surface area contributed by atoms with Crippen molar-refractivity contribution in [3.05, 3.63) is 35.9 Å². The van der Waals surface area contributed by atoms with Gasteiger partial charge in [-0.05, 0) is 24.3 Å². The molecule has 0 aliphatic carbocycles. The lowest BCUT2D eigenvalue weighted by molar-refractivity contribution is 0.102. The fourth-order valence-corrected chi connectivity index (χ4v) is 2.39.